The van der Waals surface area contributed by atoms with E-state index in [-0.39, 0.29) is 40.1 Å². The number of benzene rings is 2. The van der Waals surface area contributed by atoms with Crippen molar-refractivity contribution in [2.75, 3.05) is 13.2 Å². The molecule has 0 saturated carbocycles. The Labute approximate surface area is 181 Å². The maximum Gasteiger partial charge on any atom is 2.00 e. The Hall–Kier alpha value is -2.53. The number of ether oxygens (including phenoxy) is 2. The molecule has 156 valence electrons. The molecule has 2 heterocycles. The fourth-order valence-corrected chi connectivity index (χ4v) is 2.83. The minimum absolute atomic E-state index is 0. The molecule has 0 radical (unpaired) electrons. The molecule has 0 spiro atoms. The predicted molar refractivity (Wildman–Crippen MR) is 105 cm³/mol. The van der Waals surface area contributed by atoms with E-state index in [2.05, 4.69) is 23.8 Å². The van der Waals surface area contributed by atoms with Crippen LogP contribution in [-0.2, 0) is 26.0 Å². The van der Waals surface area contributed by atoms with Crippen LogP contribution in [0.25, 0.3) is 0 Å². The Morgan fingerprint density at radius 1 is 0.759 bits per heavy atom. The van der Waals surface area contributed by atoms with Gasteiger partial charge in [0.1, 0.15) is 13.2 Å². The molecular formula is C22H24N2NiO4. The molecule has 2 aliphatic rings. The van der Waals surface area contributed by atoms with Gasteiger partial charge in [0.2, 0.25) is 11.8 Å². The van der Waals surface area contributed by atoms with Crippen LogP contribution in [0.1, 0.15) is 37.8 Å². The zero-order valence-electron chi connectivity index (χ0n) is 16.4. The normalized spacial score (nSPS) is 19.7. The van der Waals surface area contributed by atoms with Gasteiger partial charge in [-0.3, -0.25) is 0 Å². The summed E-state index contributed by atoms with van der Waals surface area (Å²) in [4.78, 5) is 8.66. The van der Waals surface area contributed by atoms with Crippen LogP contribution in [0.2, 0.25) is 0 Å². The molecule has 0 saturated heterocycles. The second-order valence-corrected chi connectivity index (χ2v) is 6.61. The number of hydrogen-bond donors (Lipinski definition) is 0. The zero-order chi connectivity index (χ0) is 19.9. The van der Waals surface area contributed by atoms with E-state index < -0.39 is 0 Å². The average Bonchev–Trinajstić information content (AvgIpc) is 3.39. The molecule has 2 atom stereocenters. The Bertz CT molecular complexity index is 798. The van der Waals surface area contributed by atoms with E-state index in [1.807, 2.05) is 12.1 Å². The van der Waals surface area contributed by atoms with E-state index in [9.17, 15) is 10.2 Å². The molecule has 0 N–H and O–H groups in total. The van der Waals surface area contributed by atoms with Gasteiger partial charge in [-0.05, 0) is 12.8 Å². The molecule has 2 aromatic carbocycles. The van der Waals surface area contributed by atoms with Crippen molar-refractivity contribution in [2.24, 2.45) is 9.98 Å². The van der Waals surface area contributed by atoms with Gasteiger partial charge in [-0.15, -0.1) is 0 Å². The maximum absolute atomic E-state index is 11.4. The number of aliphatic imine (C=N–C) groups is 2. The number of hydrogen-bond acceptors (Lipinski definition) is 6. The molecule has 7 heteroatoms. The van der Waals surface area contributed by atoms with E-state index in [4.69, 9.17) is 9.47 Å². The van der Waals surface area contributed by atoms with Crippen LogP contribution in [0.4, 0.5) is 0 Å². The SMILES string of the molecule is CC[C@@H]1COC(c2ccccc2[O-])=N1.CC[C@H]1COC(c2ccccc2[O-])=N1.[Ni+2]. The Morgan fingerprint density at radius 2 is 1.14 bits per heavy atom. The summed E-state index contributed by atoms with van der Waals surface area (Å²) in [6.07, 6.45) is 1.90. The summed E-state index contributed by atoms with van der Waals surface area (Å²) in [5.41, 5.74) is 1.15. The zero-order valence-corrected chi connectivity index (χ0v) is 17.4. The third-order valence-corrected chi connectivity index (χ3v) is 4.60. The van der Waals surface area contributed by atoms with Crippen molar-refractivity contribution in [1.82, 2.24) is 0 Å². The van der Waals surface area contributed by atoms with Gasteiger partial charge >= 0.3 is 16.5 Å². The molecule has 2 aromatic rings. The van der Waals surface area contributed by atoms with Crippen LogP contribution in [0.5, 0.6) is 11.5 Å². The number of para-hydroxylation sites is 2. The van der Waals surface area contributed by atoms with Crippen LogP contribution < -0.4 is 10.2 Å². The van der Waals surface area contributed by atoms with Gasteiger partial charge in [0.15, 0.2) is 0 Å². The second kappa shape index (κ2) is 10.9. The standard InChI is InChI=1S/2C11H13NO2.Ni/c2*1-2-8-7-14-11(12-8)9-5-3-4-6-10(9)13;/h2*3-6,8,13H,2,7H2,1H3;/q;;+2/p-2/t2*8-;/m10./s1. The molecule has 0 fully saturated rings. The summed E-state index contributed by atoms with van der Waals surface area (Å²) in [5.74, 6) is 0.955. The minimum Gasteiger partial charge on any atom is -0.872 e. The number of nitrogens with zero attached hydrogens (tertiary/aromatic N) is 2. The average molecular weight is 439 g/mol. The van der Waals surface area contributed by atoms with E-state index in [1.54, 1.807) is 24.3 Å². The van der Waals surface area contributed by atoms with E-state index in [0.717, 1.165) is 12.8 Å². The van der Waals surface area contributed by atoms with Crippen molar-refractivity contribution in [1.29, 1.82) is 0 Å². The fourth-order valence-electron chi connectivity index (χ4n) is 2.83. The first kappa shape index (κ1) is 22.8. The minimum atomic E-state index is -0.0250. The first-order valence-electron chi connectivity index (χ1n) is 9.56. The third kappa shape index (κ3) is 5.73. The summed E-state index contributed by atoms with van der Waals surface area (Å²) in [7, 11) is 0. The van der Waals surface area contributed by atoms with Crippen LogP contribution in [0, 0.1) is 0 Å². The summed E-state index contributed by atoms with van der Waals surface area (Å²) in [6, 6.07) is 14.1. The van der Waals surface area contributed by atoms with E-state index in [1.165, 1.54) is 12.1 Å². The van der Waals surface area contributed by atoms with Crippen LogP contribution in [0.3, 0.4) is 0 Å². The van der Waals surface area contributed by atoms with Gasteiger partial charge < -0.3 is 19.7 Å². The largest absolute Gasteiger partial charge is 2.00 e. The second-order valence-electron chi connectivity index (χ2n) is 6.61. The smallest absolute Gasteiger partial charge is 0.872 e. The van der Waals surface area contributed by atoms with Gasteiger partial charge in [0.25, 0.3) is 0 Å². The summed E-state index contributed by atoms with van der Waals surface area (Å²) in [6.45, 7) is 5.31. The quantitative estimate of drug-likeness (QED) is 0.686. The monoisotopic (exact) mass is 438 g/mol. The fraction of sp³-hybridized carbons (Fsp3) is 0.364. The Morgan fingerprint density at radius 3 is 1.45 bits per heavy atom. The summed E-state index contributed by atoms with van der Waals surface area (Å²) in [5, 5.41) is 22.9. The molecule has 0 aromatic heterocycles. The van der Waals surface area contributed by atoms with Crippen LogP contribution in [-0.4, -0.2) is 37.1 Å². The predicted octanol–water partition coefficient (Wildman–Crippen LogP) is 2.63. The van der Waals surface area contributed by atoms with Crippen molar-refractivity contribution in [3.63, 3.8) is 0 Å². The van der Waals surface area contributed by atoms with E-state index >= 15 is 0 Å². The molecule has 6 nitrogen and oxygen atoms in total. The molecule has 29 heavy (non-hydrogen) atoms. The van der Waals surface area contributed by atoms with Gasteiger partial charge in [0, 0.05) is 11.1 Å². The van der Waals surface area contributed by atoms with Crippen molar-refractivity contribution in [3.05, 3.63) is 59.7 Å². The molecule has 2 aliphatic heterocycles. The van der Waals surface area contributed by atoms with E-state index in [0.29, 0.717) is 36.1 Å². The summed E-state index contributed by atoms with van der Waals surface area (Å²) < 4.78 is 10.7. The van der Waals surface area contributed by atoms with Gasteiger partial charge in [-0.2, -0.15) is 0 Å². The molecule has 0 unspecified atom stereocenters. The topological polar surface area (TPSA) is 89.3 Å². The van der Waals surface area contributed by atoms with Crippen molar-refractivity contribution in [2.45, 2.75) is 38.8 Å². The number of rotatable bonds is 4. The molecule has 0 bridgehead atoms. The summed E-state index contributed by atoms with van der Waals surface area (Å²) >= 11 is 0. The molecule has 0 amide bonds. The van der Waals surface area contributed by atoms with Crippen LogP contribution in [0.15, 0.2) is 58.5 Å². The van der Waals surface area contributed by atoms with Gasteiger partial charge in [0.05, 0.1) is 12.1 Å². The van der Waals surface area contributed by atoms with Gasteiger partial charge in [-0.1, -0.05) is 73.9 Å². The van der Waals surface area contributed by atoms with Crippen LogP contribution >= 0.6 is 0 Å². The Balaban J connectivity index is 0.000000200. The first-order valence-corrected chi connectivity index (χ1v) is 9.56. The first-order chi connectivity index (χ1) is 13.6. The molecular weight excluding hydrogens is 415 g/mol. The molecule has 0 aliphatic carbocycles. The Kier molecular flexibility index (Phi) is 8.53. The van der Waals surface area contributed by atoms with Crippen molar-refractivity contribution < 1.29 is 36.2 Å². The van der Waals surface area contributed by atoms with Crippen molar-refractivity contribution in [3.8, 4) is 11.5 Å². The third-order valence-electron chi connectivity index (χ3n) is 4.60. The van der Waals surface area contributed by atoms with Crippen molar-refractivity contribution >= 4 is 11.8 Å². The molecule has 4 rings (SSSR count). The van der Waals surface area contributed by atoms with Gasteiger partial charge in [-0.25, -0.2) is 9.98 Å². The maximum atomic E-state index is 11.4.